The van der Waals surface area contributed by atoms with Gasteiger partial charge in [0.25, 0.3) is 0 Å². The van der Waals surface area contributed by atoms with Crippen LogP contribution in [-0.4, -0.2) is 11.1 Å². The second kappa shape index (κ2) is 4.97. The maximum Gasteiger partial charge on any atom is 0.345 e. The lowest BCUT2D eigenvalue weighted by Crippen LogP contribution is -1.89. The Labute approximate surface area is 103 Å². The summed E-state index contributed by atoms with van der Waals surface area (Å²) in [4.78, 5) is 12.6. The molecule has 0 saturated heterocycles. The molecule has 16 heavy (non-hydrogen) atoms. The highest BCUT2D eigenvalue weighted by Crippen LogP contribution is 2.33. The number of fused-ring (bicyclic) bond motifs is 1. The Morgan fingerprint density at radius 2 is 2.00 bits per heavy atom. The maximum absolute atomic E-state index is 10.8. The standard InChI is InChI=1S/C12H14O2S2/c1-2-3-4-5-8-6-9-10(15-8)7-11(16-9)12(13)14/h6-7H,2-5H2,1H3,(H,13,14). The van der Waals surface area contributed by atoms with E-state index in [1.807, 2.05) is 0 Å². The SMILES string of the molecule is CCCCCc1cc2sc(C(=O)O)cc2s1. The summed E-state index contributed by atoms with van der Waals surface area (Å²) >= 11 is 3.11. The molecular formula is C12H14O2S2. The summed E-state index contributed by atoms with van der Waals surface area (Å²) < 4.78 is 2.24. The number of hydrogen-bond donors (Lipinski definition) is 1. The number of carboxylic acid groups (broad SMARTS) is 1. The normalized spacial score (nSPS) is 11.1. The first-order chi connectivity index (χ1) is 7.70. The van der Waals surface area contributed by atoms with Crippen LogP contribution in [0.2, 0.25) is 0 Å². The van der Waals surface area contributed by atoms with E-state index < -0.39 is 5.97 Å². The summed E-state index contributed by atoms with van der Waals surface area (Å²) in [6.45, 7) is 2.20. The number of carboxylic acids is 1. The van der Waals surface area contributed by atoms with Crippen LogP contribution in [0, 0.1) is 0 Å². The van der Waals surface area contributed by atoms with Crippen LogP contribution in [0.1, 0.15) is 40.7 Å². The molecule has 0 atom stereocenters. The summed E-state index contributed by atoms with van der Waals surface area (Å²) in [6, 6.07) is 3.93. The van der Waals surface area contributed by atoms with Gasteiger partial charge in [0.2, 0.25) is 0 Å². The average molecular weight is 254 g/mol. The minimum Gasteiger partial charge on any atom is -0.477 e. The van der Waals surface area contributed by atoms with Crippen molar-refractivity contribution in [2.45, 2.75) is 32.6 Å². The summed E-state index contributed by atoms with van der Waals surface area (Å²) in [5, 5.41) is 8.86. The number of carbonyl (C=O) groups is 1. The summed E-state index contributed by atoms with van der Waals surface area (Å²) in [6.07, 6.45) is 4.87. The third-order valence-electron chi connectivity index (χ3n) is 2.50. The van der Waals surface area contributed by atoms with Crippen molar-refractivity contribution in [2.75, 3.05) is 0 Å². The van der Waals surface area contributed by atoms with Gasteiger partial charge < -0.3 is 5.11 Å². The molecule has 0 fully saturated rings. The Balaban J connectivity index is 2.13. The molecule has 2 aromatic rings. The van der Waals surface area contributed by atoms with Crippen LogP contribution in [-0.2, 0) is 6.42 Å². The smallest absolute Gasteiger partial charge is 0.345 e. The number of hydrogen-bond acceptors (Lipinski definition) is 3. The Morgan fingerprint density at radius 3 is 2.62 bits per heavy atom. The van der Waals surface area contributed by atoms with Gasteiger partial charge in [-0.3, -0.25) is 0 Å². The van der Waals surface area contributed by atoms with E-state index in [1.165, 1.54) is 35.5 Å². The van der Waals surface area contributed by atoms with Crippen LogP contribution in [0.4, 0.5) is 0 Å². The van der Waals surface area contributed by atoms with Crippen molar-refractivity contribution in [1.82, 2.24) is 0 Å². The van der Waals surface area contributed by atoms with Gasteiger partial charge in [-0.2, -0.15) is 0 Å². The summed E-state index contributed by atoms with van der Waals surface area (Å²) in [5.74, 6) is -0.819. The molecule has 0 aliphatic heterocycles. The molecular weight excluding hydrogens is 240 g/mol. The second-order valence-corrected chi connectivity index (χ2v) is 6.07. The Kier molecular flexibility index (Phi) is 3.61. The number of aryl methyl sites for hydroxylation is 1. The highest BCUT2D eigenvalue weighted by atomic mass is 32.1. The van der Waals surface area contributed by atoms with Crippen LogP contribution in [0.3, 0.4) is 0 Å². The van der Waals surface area contributed by atoms with Crippen LogP contribution in [0.25, 0.3) is 9.40 Å². The van der Waals surface area contributed by atoms with Crippen molar-refractivity contribution in [3.63, 3.8) is 0 Å². The van der Waals surface area contributed by atoms with Gasteiger partial charge in [0.15, 0.2) is 0 Å². The minimum absolute atomic E-state index is 0.446. The zero-order valence-electron chi connectivity index (χ0n) is 9.16. The number of unbranched alkanes of at least 4 members (excludes halogenated alkanes) is 2. The second-order valence-electron chi connectivity index (χ2n) is 3.81. The van der Waals surface area contributed by atoms with Gasteiger partial charge in [0.1, 0.15) is 4.88 Å². The lowest BCUT2D eigenvalue weighted by atomic mass is 10.2. The fourth-order valence-electron chi connectivity index (χ4n) is 1.66. The van der Waals surface area contributed by atoms with Gasteiger partial charge in [-0.15, -0.1) is 22.7 Å². The predicted molar refractivity (Wildman–Crippen MR) is 69.9 cm³/mol. The molecule has 0 saturated carbocycles. The fraction of sp³-hybridized carbons (Fsp3) is 0.417. The first kappa shape index (κ1) is 11.6. The highest BCUT2D eigenvalue weighted by Gasteiger charge is 2.10. The third kappa shape index (κ3) is 2.44. The van der Waals surface area contributed by atoms with Crippen LogP contribution >= 0.6 is 22.7 Å². The Bertz CT molecular complexity index is 465. The number of rotatable bonds is 5. The average Bonchev–Trinajstić information content (AvgIpc) is 2.75. The lowest BCUT2D eigenvalue weighted by molar-refractivity contribution is 0.0702. The third-order valence-corrected chi connectivity index (χ3v) is 4.84. The molecule has 86 valence electrons. The quantitative estimate of drug-likeness (QED) is 0.803. The predicted octanol–water partition coefficient (Wildman–Crippen LogP) is 4.39. The molecule has 0 aliphatic carbocycles. The molecule has 4 heteroatoms. The van der Waals surface area contributed by atoms with E-state index in [9.17, 15) is 4.79 Å². The lowest BCUT2D eigenvalue weighted by Gasteiger charge is -1.94. The van der Waals surface area contributed by atoms with E-state index in [4.69, 9.17) is 5.11 Å². The molecule has 2 aromatic heterocycles. The molecule has 0 bridgehead atoms. The summed E-state index contributed by atoms with van der Waals surface area (Å²) in [7, 11) is 0. The molecule has 0 amide bonds. The minimum atomic E-state index is -0.819. The molecule has 2 nitrogen and oxygen atoms in total. The van der Waals surface area contributed by atoms with Crippen LogP contribution in [0.5, 0.6) is 0 Å². The monoisotopic (exact) mass is 254 g/mol. The van der Waals surface area contributed by atoms with Crippen molar-refractivity contribution < 1.29 is 9.90 Å². The van der Waals surface area contributed by atoms with Crippen molar-refractivity contribution >= 4 is 38.0 Å². The van der Waals surface area contributed by atoms with Gasteiger partial charge >= 0.3 is 5.97 Å². The van der Waals surface area contributed by atoms with E-state index in [0.29, 0.717) is 4.88 Å². The molecule has 0 radical (unpaired) electrons. The Morgan fingerprint density at radius 1 is 1.25 bits per heavy atom. The topological polar surface area (TPSA) is 37.3 Å². The fourth-order valence-corrected chi connectivity index (χ4v) is 3.97. The van der Waals surface area contributed by atoms with Crippen molar-refractivity contribution in [3.05, 3.63) is 21.9 Å². The van der Waals surface area contributed by atoms with Gasteiger partial charge in [-0.25, -0.2) is 4.79 Å². The molecule has 1 N–H and O–H groups in total. The van der Waals surface area contributed by atoms with Gasteiger partial charge in [0, 0.05) is 14.3 Å². The van der Waals surface area contributed by atoms with Crippen LogP contribution in [0.15, 0.2) is 12.1 Å². The van der Waals surface area contributed by atoms with Crippen molar-refractivity contribution in [1.29, 1.82) is 0 Å². The molecule has 0 unspecified atom stereocenters. The number of thiophene rings is 2. The number of aromatic carboxylic acids is 1. The van der Waals surface area contributed by atoms with E-state index in [1.54, 1.807) is 17.4 Å². The molecule has 2 rings (SSSR count). The van der Waals surface area contributed by atoms with E-state index in [0.717, 1.165) is 15.8 Å². The van der Waals surface area contributed by atoms with Crippen molar-refractivity contribution in [3.8, 4) is 0 Å². The van der Waals surface area contributed by atoms with Gasteiger partial charge in [0.05, 0.1) is 0 Å². The van der Waals surface area contributed by atoms with Gasteiger partial charge in [-0.1, -0.05) is 19.8 Å². The highest BCUT2D eigenvalue weighted by molar-refractivity contribution is 7.28. The molecule has 2 heterocycles. The zero-order chi connectivity index (χ0) is 11.5. The van der Waals surface area contributed by atoms with Crippen molar-refractivity contribution in [2.24, 2.45) is 0 Å². The summed E-state index contributed by atoms with van der Waals surface area (Å²) in [5.41, 5.74) is 0. The largest absolute Gasteiger partial charge is 0.477 e. The first-order valence-electron chi connectivity index (χ1n) is 5.46. The molecule has 0 aliphatic rings. The Hall–Kier alpha value is -0.870. The first-order valence-corrected chi connectivity index (χ1v) is 7.09. The molecule has 0 spiro atoms. The zero-order valence-corrected chi connectivity index (χ0v) is 10.8. The van der Waals surface area contributed by atoms with Gasteiger partial charge in [-0.05, 0) is 25.0 Å². The molecule has 0 aromatic carbocycles. The van der Waals surface area contributed by atoms with E-state index in [-0.39, 0.29) is 0 Å². The maximum atomic E-state index is 10.8. The van der Waals surface area contributed by atoms with E-state index in [2.05, 4.69) is 13.0 Å². The van der Waals surface area contributed by atoms with Crippen LogP contribution < -0.4 is 0 Å². The van der Waals surface area contributed by atoms with E-state index >= 15 is 0 Å².